The number of hydrogen-bond acceptors (Lipinski definition) is 3. The third-order valence-corrected chi connectivity index (χ3v) is 5.69. The number of hydrogen-bond donors (Lipinski definition) is 1. The highest BCUT2D eigenvalue weighted by molar-refractivity contribution is 6.36. The zero-order valence-corrected chi connectivity index (χ0v) is 19.8. The van der Waals surface area contributed by atoms with Crippen LogP contribution in [0.4, 0.5) is 18.9 Å². The Kier molecular flexibility index (Phi) is 7.62. The van der Waals surface area contributed by atoms with Crippen molar-refractivity contribution < 1.29 is 27.5 Å². The second-order valence-corrected chi connectivity index (χ2v) is 8.53. The van der Waals surface area contributed by atoms with Gasteiger partial charge in [-0.05, 0) is 65.7 Å². The summed E-state index contributed by atoms with van der Waals surface area (Å²) >= 11 is 12.1. The molecule has 0 radical (unpaired) electrons. The number of esters is 1. The minimum absolute atomic E-state index is 0.0374. The van der Waals surface area contributed by atoms with Crippen molar-refractivity contribution in [2.45, 2.75) is 6.42 Å². The molecule has 0 fully saturated rings. The van der Waals surface area contributed by atoms with Gasteiger partial charge in [-0.25, -0.2) is 13.2 Å². The van der Waals surface area contributed by atoms with Gasteiger partial charge in [-0.2, -0.15) is 0 Å². The summed E-state index contributed by atoms with van der Waals surface area (Å²) in [6.07, 6.45) is -0.185. The average Bonchev–Trinajstić information content (AvgIpc) is 2.83. The Morgan fingerprint density at radius 3 is 2.25 bits per heavy atom. The topological polar surface area (TPSA) is 55.4 Å². The van der Waals surface area contributed by atoms with Crippen LogP contribution in [0.25, 0.3) is 11.1 Å². The summed E-state index contributed by atoms with van der Waals surface area (Å²) in [7, 11) is 0. The van der Waals surface area contributed by atoms with E-state index in [0.717, 1.165) is 12.1 Å². The first-order valence-corrected chi connectivity index (χ1v) is 11.3. The van der Waals surface area contributed by atoms with Crippen LogP contribution in [-0.4, -0.2) is 11.9 Å². The molecule has 9 heteroatoms. The normalized spacial score (nSPS) is 10.7. The average molecular weight is 530 g/mol. The number of nitrogens with one attached hydrogen (secondary N) is 1. The lowest BCUT2D eigenvalue weighted by molar-refractivity contribution is -0.133. The van der Waals surface area contributed by atoms with Crippen molar-refractivity contribution in [2.75, 3.05) is 5.32 Å². The van der Waals surface area contributed by atoms with Crippen LogP contribution in [0.1, 0.15) is 15.9 Å². The molecule has 0 aliphatic heterocycles. The van der Waals surface area contributed by atoms with Crippen LogP contribution in [0, 0.1) is 17.5 Å². The van der Waals surface area contributed by atoms with E-state index in [-0.39, 0.29) is 39.6 Å². The SMILES string of the molecule is O=C(Cc1ccc(F)cc1)Oc1ccc(-c2ccc(F)cc2F)cc1C(=O)Nc1cc(Cl)ccc1Cl. The zero-order chi connectivity index (χ0) is 25.8. The van der Waals surface area contributed by atoms with Gasteiger partial charge in [-0.3, -0.25) is 9.59 Å². The fraction of sp³-hybridized carbons (Fsp3) is 0.0370. The lowest BCUT2D eigenvalue weighted by Gasteiger charge is -2.14. The summed E-state index contributed by atoms with van der Waals surface area (Å²) in [5.74, 6) is -3.57. The molecule has 0 aliphatic carbocycles. The lowest BCUT2D eigenvalue weighted by Crippen LogP contribution is -2.17. The van der Waals surface area contributed by atoms with E-state index >= 15 is 0 Å². The van der Waals surface area contributed by atoms with E-state index in [4.69, 9.17) is 27.9 Å². The Morgan fingerprint density at radius 1 is 0.806 bits per heavy atom. The fourth-order valence-corrected chi connectivity index (χ4v) is 3.74. The highest BCUT2D eigenvalue weighted by Gasteiger charge is 2.20. The van der Waals surface area contributed by atoms with E-state index < -0.39 is 29.3 Å². The van der Waals surface area contributed by atoms with Gasteiger partial charge in [0.1, 0.15) is 23.2 Å². The first-order chi connectivity index (χ1) is 17.2. The summed E-state index contributed by atoms with van der Waals surface area (Å²) in [5, 5.41) is 3.13. The zero-order valence-electron chi connectivity index (χ0n) is 18.3. The molecule has 4 nitrogen and oxygen atoms in total. The van der Waals surface area contributed by atoms with Gasteiger partial charge in [0.25, 0.3) is 5.91 Å². The van der Waals surface area contributed by atoms with Crippen molar-refractivity contribution in [1.29, 1.82) is 0 Å². The Bertz CT molecular complexity index is 1460. The molecule has 0 saturated carbocycles. The van der Waals surface area contributed by atoms with Gasteiger partial charge in [-0.1, -0.05) is 41.4 Å². The molecule has 4 aromatic rings. The third kappa shape index (κ3) is 6.05. The van der Waals surface area contributed by atoms with Crippen LogP contribution in [0.2, 0.25) is 10.0 Å². The maximum absolute atomic E-state index is 14.4. The molecule has 182 valence electrons. The lowest BCUT2D eigenvalue weighted by atomic mass is 10.0. The van der Waals surface area contributed by atoms with Crippen LogP contribution in [-0.2, 0) is 11.2 Å². The Morgan fingerprint density at radius 2 is 1.53 bits per heavy atom. The number of benzene rings is 4. The summed E-state index contributed by atoms with van der Waals surface area (Å²) in [4.78, 5) is 25.8. The van der Waals surface area contributed by atoms with E-state index in [1.54, 1.807) is 6.07 Å². The molecule has 0 atom stereocenters. The van der Waals surface area contributed by atoms with Crippen LogP contribution in [0.3, 0.4) is 0 Å². The van der Waals surface area contributed by atoms with Crippen molar-refractivity contribution >= 4 is 40.8 Å². The van der Waals surface area contributed by atoms with Gasteiger partial charge < -0.3 is 10.1 Å². The first-order valence-electron chi connectivity index (χ1n) is 10.5. The smallest absolute Gasteiger partial charge is 0.315 e. The van der Waals surface area contributed by atoms with E-state index in [0.29, 0.717) is 10.6 Å². The van der Waals surface area contributed by atoms with E-state index in [2.05, 4.69) is 5.32 Å². The van der Waals surface area contributed by atoms with Crippen LogP contribution in [0.5, 0.6) is 5.75 Å². The molecule has 4 aromatic carbocycles. The maximum Gasteiger partial charge on any atom is 0.315 e. The standard InChI is InChI=1S/C27H16Cl2F3NO3/c28-17-4-9-22(29)24(13-17)33-27(35)21-12-16(20-8-7-19(31)14-23(20)32)3-10-25(21)36-26(34)11-15-1-5-18(30)6-2-15/h1-10,12-14H,11H2,(H,33,35). The Labute approximate surface area is 214 Å². The van der Waals surface area contributed by atoms with Crippen LogP contribution < -0.4 is 10.1 Å². The molecular formula is C27H16Cl2F3NO3. The quantitative estimate of drug-likeness (QED) is 0.208. The van der Waals surface area contributed by atoms with E-state index in [9.17, 15) is 22.8 Å². The molecule has 1 amide bonds. The molecule has 0 saturated heterocycles. The van der Waals surface area contributed by atoms with Gasteiger partial charge in [0.15, 0.2) is 0 Å². The summed E-state index contributed by atoms with van der Waals surface area (Å²) < 4.78 is 46.4. The number of ether oxygens (including phenoxy) is 1. The molecule has 1 N–H and O–H groups in total. The fourth-order valence-electron chi connectivity index (χ4n) is 3.40. The summed E-state index contributed by atoms with van der Waals surface area (Å²) in [6, 6.07) is 16.9. The Hall–Kier alpha value is -3.81. The summed E-state index contributed by atoms with van der Waals surface area (Å²) in [5.41, 5.74) is 0.877. The summed E-state index contributed by atoms with van der Waals surface area (Å²) in [6.45, 7) is 0. The number of amides is 1. The first kappa shape index (κ1) is 25.3. The van der Waals surface area contributed by atoms with Crippen molar-refractivity contribution in [1.82, 2.24) is 0 Å². The van der Waals surface area contributed by atoms with Gasteiger partial charge in [-0.15, -0.1) is 0 Å². The predicted molar refractivity (Wildman–Crippen MR) is 132 cm³/mol. The number of carbonyl (C=O) groups is 2. The largest absolute Gasteiger partial charge is 0.425 e. The molecule has 0 aromatic heterocycles. The second-order valence-electron chi connectivity index (χ2n) is 7.69. The molecule has 0 aliphatic rings. The Balaban J connectivity index is 1.68. The molecular weight excluding hydrogens is 514 g/mol. The maximum atomic E-state index is 14.4. The van der Waals surface area contributed by atoms with Crippen molar-refractivity contribution in [2.24, 2.45) is 0 Å². The molecule has 36 heavy (non-hydrogen) atoms. The number of anilines is 1. The minimum Gasteiger partial charge on any atom is -0.425 e. The van der Waals surface area contributed by atoms with Crippen molar-refractivity contribution in [3.05, 3.63) is 117 Å². The monoisotopic (exact) mass is 529 g/mol. The van der Waals surface area contributed by atoms with E-state index in [1.165, 1.54) is 60.7 Å². The number of carbonyl (C=O) groups excluding carboxylic acids is 2. The van der Waals surface area contributed by atoms with Gasteiger partial charge in [0.2, 0.25) is 0 Å². The second kappa shape index (κ2) is 10.8. The highest BCUT2D eigenvalue weighted by atomic mass is 35.5. The highest BCUT2D eigenvalue weighted by Crippen LogP contribution is 2.31. The van der Waals surface area contributed by atoms with Crippen molar-refractivity contribution in [3.8, 4) is 16.9 Å². The third-order valence-electron chi connectivity index (χ3n) is 5.13. The van der Waals surface area contributed by atoms with Gasteiger partial charge in [0.05, 0.1) is 22.7 Å². The van der Waals surface area contributed by atoms with Crippen LogP contribution in [0.15, 0.2) is 78.9 Å². The molecule has 4 rings (SSSR count). The van der Waals surface area contributed by atoms with Crippen molar-refractivity contribution in [3.63, 3.8) is 0 Å². The molecule has 0 spiro atoms. The van der Waals surface area contributed by atoms with Crippen LogP contribution >= 0.6 is 23.2 Å². The van der Waals surface area contributed by atoms with Gasteiger partial charge in [0, 0.05) is 16.7 Å². The predicted octanol–water partition coefficient (Wildman–Crippen LogP) is 7.48. The van der Waals surface area contributed by atoms with Gasteiger partial charge >= 0.3 is 5.97 Å². The van der Waals surface area contributed by atoms with E-state index in [1.807, 2.05) is 0 Å². The molecule has 0 heterocycles. The molecule has 0 bridgehead atoms. The molecule has 0 unspecified atom stereocenters. The number of halogens is 5. The minimum atomic E-state index is -0.833. The number of rotatable bonds is 6.